The molecule has 51 nitrogen and oxygen atoms in total. The number of rotatable bonds is 58. The number of hydrogen-bond donors (Lipinski definition) is 30. The molecule has 0 aliphatic carbocycles. The topological polar surface area (TPSA) is 885 Å². The largest absolute Gasteiger partial charge is 0.490 e. The fourth-order valence-corrected chi connectivity index (χ4v) is 10.2. The fraction of sp³-hybridized carbons (Fsp3) is 0.708. The van der Waals surface area contributed by atoms with Crippen LogP contribution in [-0.2, 0) is 90.6 Å². The van der Waals surface area contributed by atoms with Crippen molar-refractivity contribution in [2.24, 2.45) is 61.6 Å². The molecule has 0 aromatic rings. The summed E-state index contributed by atoms with van der Waals surface area (Å²) in [5.74, 6) is -21.2. The lowest BCUT2D eigenvalue weighted by atomic mass is 10.0. The number of aliphatic hydroxyl groups excluding tert-OH is 3. The third-order valence-electron chi connectivity index (χ3n) is 16.5. The van der Waals surface area contributed by atoms with Gasteiger partial charge >= 0.3 is 25.9 Å². The number of amides is 15. The molecule has 0 aromatic carbocycles. The van der Waals surface area contributed by atoms with E-state index < -0.39 is 244 Å². The van der Waals surface area contributed by atoms with E-state index in [2.05, 4.69) is 88.9 Å². The summed E-state index contributed by atoms with van der Waals surface area (Å²) in [4.78, 5) is 250. The van der Waals surface area contributed by atoms with Crippen LogP contribution < -0.4 is 126 Å². The van der Waals surface area contributed by atoms with Gasteiger partial charge in [-0.1, -0.05) is 0 Å². The van der Waals surface area contributed by atoms with Crippen molar-refractivity contribution in [2.45, 2.75) is 241 Å². The van der Waals surface area contributed by atoms with Crippen LogP contribution in [0, 0.1) is 0 Å². The molecule has 0 saturated carbocycles. The lowest BCUT2D eigenvalue weighted by molar-refractivity contribution is -0.192. The van der Waals surface area contributed by atoms with E-state index in [1.54, 1.807) is 0 Å². The number of nitrogens with two attached hydrogens (primary N) is 9. The summed E-state index contributed by atoms with van der Waals surface area (Å²) in [7, 11) is -5.49. The first-order valence-electron chi connectivity index (χ1n) is 37.5. The highest BCUT2D eigenvalue weighted by molar-refractivity contribution is 7.46. The molecule has 0 spiro atoms. The summed E-state index contributed by atoms with van der Waals surface area (Å²) in [5, 5.41) is 80.7. The number of phosphoric acid groups is 1. The molecular formula is C65H119F3N25O26P. The van der Waals surface area contributed by atoms with Gasteiger partial charge in [0.1, 0.15) is 72.5 Å². The molecule has 16 atom stereocenters. The minimum atomic E-state index is -5.49. The lowest BCUT2D eigenvalue weighted by Gasteiger charge is -2.29. The van der Waals surface area contributed by atoms with Gasteiger partial charge in [-0.3, -0.25) is 91.2 Å². The lowest BCUT2D eigenvalue weighted by Crippen LogP contribution is -2.62. The van der Waals surface area contributed by atoms with Crippen molar-refractivity contribution in [1.29, 1.82) is 0 Å². The van der Waals surface area contributed by atoms with Crippen LogP contribution in [-0.4, -0.2) is 303 Å². The second-order valence-electron chi connectivity index (χ2n) is 27.1. The Hall–Kier alpha value is -10.8. The number of hydrogen-bond acceptors (Lipinski definition) is 28. The first-order chi connectivity index (χ1) is 55.7. The van der Waals surface area contributed by atoms with Crippen molar-refractivity contribution in [1.82, 2.24) is 74.4 Å². The van der Waals surface area contributed by atoms with Gasteiger partial charge < -0.3 is 161 Å². The van der Waals surface area contributed by atoms with Crippen molar-refractivity contribution in [3.05, 3.63) is 0 Å². The normalized spacial score (nSPS) is 15.2. The Morgan fingerprint density at radius 3 is 1.06 bits per heavy atom. The number of alkyl halides is 3. The number of nitrogens with zero attached hydrogens (tertiary/aromatic N) is 2. The van der Waals surface area contributed by atoms with Crippen LogP contribution in [0.2, 0.25) is 0 Å². The first kappa shape index (κ1) is 111. The molecule has 0 fully saturated rings. The molecule has 0 aliphatic rings. The standard InChI is InChI=1S/C63H118N25O24P.C2HF3O2/c1-30(67)49(95)80-40(19-14-26-74-63(71)72)55(101)88-48(35(6)91)60(106)84-38(17-9-12-24-66)52(98)83-41(20-21-43(68)92)56(102)87-47(34(5)90)59(105)77-31(2)50(96)81-39(18-13-25-73-62(69)70)53(99)82-37(16-8-11-23-65)54(100)85-42(29-112-113(109,110)111)57(103)86-46(33(4)89)58(104)76-27-44(93)75-28-45(94)79-36(15-7-10-22-64)51(97)78-32(3)61(107)108;3-2(4,5)1(6)7/h30-42,46-48,89-91H,7-29,64-67H2,1-6H3,(H2,68,92)(H,75,93)(H,76,104)(H,77,105)(H,78,97)(H,79,94)(H,80,95)(H,81,96)(H,82,99)(H,83,98)(H,84,106)(H,85,100)(H,86,103)(H,87,102)(H,88,101)(H,107,108)(H4,69,70,73)(H4,71,72,74)(H2,109,110,111);(H,6,7)/t30-,31-,32-,33+,34+,35+,36-,37-,38-,39-,40-,41-,42-,46-,47-,48-;/m0./s1. The summed E-state index contributed by atoms with van der Waals surface area (Å²) in [6.07, 6.45) is -10.8. The maximum Gasteiger partial charge on any atom is 0.490 e. The van der Waals surface area contributed by atoms with E-state index in [9.17, 15) is 125 Å². The van der Waals surface area contributed by atoms with Crippen LogP contribution in [0.15, 0.2) is 9.98 Å². The summed E-state index contributed by atoms with van der Waals surface area (Å²) in [6.45, 7) is 4.04. The summed E-state index contributed by atoms with van der Waals surface area (Å²) >= 11 is 0. The number of aliphatic imine (C=N–C) groups is 2. The van der Waals surface area contributed by atoms with Crippen molar-refractivity contribution >= 4 is 120 Å². The number of carboxylic acids is 2. The smallest absolute Gasteiger partial charge is 0.480 e. The van der Waals surface area contributed by atoms with E-state index in [4.69, 9.17) is 61.5 Å². The molecule has 0 aliphatic heterocycles. The zero-order chi connectivity index (χ0) is 92.5. The molecule has 0 radical (unpaired) electrons. The number of aliphatic carboxylic acids is 2. The third kappa shape index (κ3) is 48.9. The van der Waals surface area contributed by atoms with Crippen molar-refractivity contribution in [3.8, 4) is 0 Å². The number of unbranched alkanes of at least 4 members (excludes halogenated alkanes) is 3. The van der Waals surface area contributed by atoms with Crippen LogP contribution in [0.4, 0.5) is 13.2 Å². The summed E-state index contributed by atoms with van der Waals surface area (Å²) in [6, 6.07) is -21.4. The van der Waals surface area contributed by atoms with E-state index >= 15 is 0 Å². The predicted octanol–water partition coefficient (Wildman–Crippen LogP) is -12.8. The highest BCUT2D eigenvalue weighted by atomic mass is 31.2. The highest BCUT2D eigenvalue weighted by Crippen LogP contribution is 2.35. The summed E-state index contributed by atoms with van der Waals surface area (Å²) < 4.78 is 48.2. The van der Waals surface area contributed by atoms with E-state index in [1.165, 1.54) is 13.8 Å². The molecule has 0 saturated heterocycles. The zero-order valence-electron chi connectivity index (χ0n) is 67.1. The van der Waals surface area contributed by atoms with Crippen LogP contribution >= 0.6 is 7.82 Å². The Morgan fingerprint density at radius 1 is 0.392 bits per heavy atom. The molecule has 0 unspecified atom stereocenters. The molecule has 55 heteroatoms. The number of aliphatic hydroxyl groups is 3. The Labute approximate surface area is 686 Å². The average molecular weight is 1750 g/mol. The minimum Gasteiger partial charge on any atom is -0.480 e. The van der Waals surface area contributed by atoms with Gasteiger partial charge in [0.2, 0.25) is 88.6 Å². The van der Waals surface area contributed by atoms with Crippen molar-refractivity contribution in [3.63, 3.8) is 0 Å². The molecule has 120 heavy (non-hydrogen) atoms. The minimum absolute atomic E-state index is 0.0298. The van der Waals surface area contributed by atoms with Crippen molar-refractivity contribution < 1.29 is 139 Å². The monoisotopic (exact) mass is 1750 g/mol. The van der Waals surface area contributed by atoms with Crippen LogP contribution in [0.3, 0.4) is 0 Å². The maximum atomic E-state index is 14.4. The van der Waals surface area contributed by atoms with Crippen LogP contribution in [0.25, 0.3) is 0 Å². The van der Waals surface area contributed by atoms with Gasteiger partial charge in [-0.2, -0.15) is 13.2 Å². The number of carbonyl (C=O) groups is 17. The van der Waals surface area contributed by atoms with Gasteiger partial charge in [0.05, 0.1) is 44.1 Å². The van der Waals surface area contributed by atoms with E-state index in [0.717, 1.165) is 27.7 Å². The molecule has 0 bridgehead atoms. The molecule has 15 amide bonds. The molecular weight excluding hydrogens is 1630 g/mol. The third-order valence-corrected chi connectivity index (χ3v) is 16.9. The predicted molar refractivity (Wildman–Crippen MR) is 416 cm³/mol. The number of halogens is 3. The SMILES string of the molecule is C[C@H](N)C(=O)N[C@@H](CCCN=C(N)N)C(=O)N[C@H](C(=O)N[C@@H](CCCCN)C(=O)N[C@@H](CCC(N)=O)C(=O)N[C@H](C(=O)N[C@@H](C)C(=O)N[C@@H](CCCN=C(N)N)C(=O)N[C@@H](CCCCN)C(=O)N[C@@H](COP(=O)(O)O)C(=O)N[C@H](C(=O)NCC(=O)NCC(=O)N[C@@H](CCCCN)C(=O)N[C@@H](C)C(=O)O)[C@@H](C)O)[C@@H](C)O)[C@@H](C)O.O=C(O)C(F)(F)F. The number of primary amides is 1. The van der Waals surface area contributed by atoms with E-state index in [1.807, 2.05) is 0 Å². The first-order valence-corrected chi connectivity index (χ1v) is 39.0. The van der Waals surface area contributed by atoms with Gasteiger partial charge in [-0.25, -0.2) is 9.36 Å². The Bertz CT molecular complexity index is 3500. The number of nitrogens with one attached hydrogen (secondary N) is 14. The number of guanidine groups is 2. The van der Waals surface area contributed by atoms with Gasteiger partial charge in [-0.05, 0) is 151 Å². The van der Waals surface area contributed by atoms with Crippen LogP contribution in [0.5, 0.6) is 0 Å². The molecule has 0 heterocycles. The van der Waals surface area contributed by atoms with Gasteiger partial charge in [0, 0.05) is 19.5 Å². The molecule has 39 N–H and O–H groups in total. The fourth-order valence-electron chi connectivity index (χ4n) is 9.90. The second kappa shape index (κ2) is 58.1. The quantitative estimate of drug-likeness (QED) is 0.0116. The highest BCUT2D eigenvalue weighted by Gasteiger charge is 2.40. The summed E-state index contributed by atoms with van der Waals surface area (Å²) in [5.41, 5.74) is 49.8. The van der Waals surface area contributed by atoms with E-state index in [0.29, 0.717) is 12.8 Å². The zero-order valence-corrected chi connectivity index (χ0v) is 68.0. The maximum absolute atomic E-state index is 14.4. The molecule has 0 rings (SSSR count). The number of carboxylic acid groups (broad SMARTS) is 2. The van der Waals surface area contributed by atoms with E-state index in [-0.39, 0.29) is 115 Å². The number of carbonyl (C=O) groups excluding carboxylic acids is 15. The second-order valence-corrected chi connectivity index (χ2v) is 28.3. The van der Waals surface area contributed by atoms with Crippen molar-refractivity contribution in [2.75, 3.05) is 52.4 Å². The van der Waals surface area contributed by atoms with Gasteiger partial charge in [-0.15, -0.1) is 0 Å². The number of phosphoric ester groups is 1. The average Bonchev–Trinajstić information content (AvgIpc) is 0.856. The molecule has 0 aromatic heterocycles. The Balaban J connectivity index is 0. The van der Waals surface area contributed by atoms with Crippen LogP contribution in [0.1, 0.15) is 138 Å². The Morgan fingerprint density at radius 2 is 0.700 bits per heavy atom. The van der Waals surface area contributed by atoms with Gasteiger partial charge in [0.25, 0.3) is 0 Å². The Kier molecular flexibility index (Phi) is 53.9. The molecule has 686 valence electrons. The van der Waals surface area contributed by atoms with Gasteiger partial charge in [0.15, 0.2) is 11.9 Å².